The highest BCUT2D eigenvalue weighted by Gasteiger charge is 2.06. The van der Waals surface area contributed by atoms with Crippen LogP contribution in [0.1, 0.15) is 91.4 Å². The third kappa shape index (κ3) is 12.3. The lowest BCUT2D eigenvalue weighted by Gasteiger charge is -2.08. The van der Waals surface area contributed by atoms with E-state index in [2.05, 4.69) is 19.9 Å². The molecule has 0 saturated heterocycles. The fraction of sp³-hybridized carbons (Fsp3) is 0.833. The zero-order chi connectivity index (χ0) is 15.1. The first-order valence-electron chi connectivity index (χ1n) is 8.58. The van der Waals surface area contributed by atoms with Gasteiger partial charge in [0.2, 0.25) is 0 Å². The van der Waals surface area contributed by atoms with Crippen molar-refractivity contribution in [3.63, 3.8) is 0 Å². The van der Waals surface area contributed by atoms with Crippen LogP contribution in [0.25, 0.3) is 0 Å². The van der Waals surface area contributed by atoms with Gasteiger partial charge in [-0.1, -0.05) is 64.0 Å². The fourth-order valence-electron chi connectivity index (χ4n) is 2.32. The molecule has 0 aromatic rings. The van der Waals surface area contributed by atoms with Crippen molar-refractivity contribution in [2.45, 2.75) is 91.4 Å². The normalized spacial score (nSPS) is 11.7. The van der Waals surface area contributed by atoms with E-state index in [0.29, 0.717) is 13.0 Å². The summed E-state index contributed by atoms with van der Waals surface area (Å²) in [6, 6.07) is 0. The van der Waals surface area contributed by atoms with Crippen LogP contribution in [0.15, 0.2) is 11.6 Å². The lowest BCUT2D eigenvalue weighted by molar-refractivity contribution is -0.142. The summed E-state index contributed by atoms with van der Waals surface area (Å²) in [7, 11) is 0. The molecule has 0 N–H and O–H groups in total. The van der Waals surface area contributed by atoms with Crippen LogP contribution in [-0.4, -0.2) is 12.6 Å². The maximum atomic E-state index is 11.6. The lowest BCUT2D eigenvalue weighted by Crippen LogP contribution is -2.05. The molecule has 20 heavy (non-hydrogen) atoms. The average Bonchev–Trinajstić information content (AvgIpc) is 2.43. The van der Waals surface area contributed by atoms with Gasteiger partial charge in [-0.2, -0.15) is 0 Å². The van der Waals surface area contributed by atoms with Crippen LogP contribution < -0.4 is 0 Å². The van der Waals surface area contributed by atoms with Crippen LogP contribution in [0, 0.1) is 0 Å². The molecular weight excluding hydrogens is 248 g/mol. The van der Waals surface area contributed by atoms with Crippen LogP contribution >= 0.6 is 0 Å². The van der Waals surface area contributed by atoms with Crippen molar-refractivity contribution in [2.75, 3.05) is 6.61 Å². The lowest BCUT2D eigenvalue weighted by atomic mass is 10.0. The number of hydrogen-bond acceptors (Lipinski definition) is 2. The molecule has 2 nitrogen and oxygen atoms in total. The Hall–Kier alpha value is -0.790. The summed E-state index contributed by atoms with van der Waals surface area (Å²) in [5, 5.41) is 0. The Morgan fingerprint density at radius 3 is 2.15 bits per heavy atom. The first kappa shape index (κ1) is 19.2. The van der Waals surface area contributed by atoms with Gasteiger partial charge in [0.05, 0.1) is 13.0 Å². The number of unbranched alkanes of at least 4 members (excludes halogenated alkanes) is 7. The Kier molecular flexibility index (Phi) is 14.0. The van der Waals surface area contributed by atoms with Gasteiger partial charge < -0.3 is 4.74 Å². The summed E-state index contributed by atoms with van der Waals surface area (Å²) in [6.45, 7) is 6.81. The largest absolute Gasteiger partial charge is 0.466 e. The van der Waals surface area contributed by atoms with E-state index in [4.69, 9.17) is 4.74 Å². The number of rotatable bonds is 13. The van der Waals surface area contributed by atoms with Crippen LogP contribution in [0.3, 0.4) is 0 Å². The molecule has 0 atom stereocenters. The van der Waals surface area contributed by atoms with Gasteiger partial charge in [-0.25, -0.2) is 0 Å². The minimum Gasteiger partial charge on any atom is -0.466 e. The van der Waals surface area contributed by atoms with E-state index >= 15 is 0 Å². The van der Waals surface area contributed by atoms with Gasteiger partial charge in [-0.05, 0) is 32.6 Å². The van der Waals surface area contributed by atoms with E-state index in [1.807, 2.05) is 6.92 Å². The van der Waals surface area contributed by atoms with Gasteiger partial charge in [-0.3, -0.25) is 4.79 Å². The van der Waals surface area contributed by atoms with Crippen LogP contribution in [0.5, 0.6) is 0 Å². The molecule has 0 radical (unpaired) electrons. The van der Waals surface area contributed by atoms with Crippen molar-refractivity contribution < 1.29 is 9.53 Å². The number of allylic oxidation sites excluding steroid dienone is 1. The van der Waals surface area contributed by atoms with Gasteiger partial charge >= 0.3 is 5.97 Å². The predicted octanol–water partition coefficient (Wildman–Crippen LogP) is 5.81. The molecule has 0 aliphatic rings. The molecule has 0 aliphatic carbocycles. The van der Waals surface area contributed by atoms with E-state index in [1.165, 1.54) is 56.9 Å². The maximum Gasteiger partial charge on any atom is 0.309 e. The molecule has 0 spiro atoms. The second kappa shape index (κ2) is 14.6. The zero-order valence-corrected chi connectivity index (χ0v) is 13.9. The van der Waals surface area contributed by atoms with Crippen molar-refractivity contribution in [3.8, 4) is 0 Å². The minimum absolute atomic E-state index is 0.0669. The van der Waals surface area contributed by atoms with E-state index in [9.17, 15) is 4.79 Å². The molecule has 0 aromatic heterocycles. The van der Waals surface area contributed by atoms with Crippen molar-refractivity contribution in [1.82, 2.24) is 0 Å². The monoisotopic (exact) mass is 282 g/mol. The van der Waals surface area contributed by atoms with Gasteiger partial charge in [0, 0.05) is 0 Å². The molecule has 0 amide bonds. The molecule has 0 saturated carbocycles. The Morgan fingerprint density at radius 1 is 0.900 bits per heavy atom. The van der Waals surface area contributed by atoms with Crippen molar-refractivity contribution in [1.29, 1.82) is 0 Å². The first-order valence-corrected chi connectivity index (χ1v) is 8.58. The van der Waals surface area contributed by atoms with Gasteiger partial charge in [0.1, 0.15) is 0 Å². The summed E-state index contributed by atoms with van der Waals surface area (Å²) >= 11 is 0. The van der Waals surface area contributed by atoms with E-state index in [1.54, 1.807) is 0 Å². The topological polar surface area (TPSA) is 26.3 Å². The Labute approximate surface area is 126 Å². The summed E-state index contributed by atoms with van der Waals surface area (Å²) in [5.74, 6) is -0.0669. The third-order valence-corrected chi connectivity index (χ3v) is 3.52. The van der Waals surface area contributed by atoms with Crippen molar-refractivity contribution >= 4 is 5.97 Å². The number of hydrogen-bond donors (Lipinski definition) is 0. The van der Waals surface area contributed by atoms with E-state index in [-0.39, 0.29) is 5.97 Å². The van der Waals surface area contributed by atoms with Crippen molar-refractivity contribution in [3.05, 3.63) is 11.6 Å². The van der Waals surface area contributed by atoms with Crippen LogP contribution in [0.4, 0.5) is 0 Å². The molecule has 118 valence electrons. The fourth-order valence-corrected chi connectivity index (χ4v) is 2.32. The molecule has 0 aliphatic heterocycles. The third-order valence-electron chi connectivity index (χ3n) is 3.52. The molecule has 2 heteroatoms. The van der Waals surface area contributed by atoms with Gasteiger partial charge in [-0.15, -0.1) is 0 Å². The molecule has 0 bridgehead atoms. The maximum absolute atomic E-state index is 11.6. The molecule has 0 aromatic carbocycles. The SMILES string of the molecule is CCCCCCC=C(CCCCCC)CC(=O)OCC. The molecule has 0 rings (SSSR count). The summed E-state index contributed by atoms with van der Waals surface area (Å²) < 4.78 is 5.06. The molecular formula is C18H34O2. The summed E-state index contributed by atoms with van der Waals surface area (Å²) in [4.78, 5) is 11.6. The second-order valence-corrected chi connectivity index (χ2v) is 5.50. The summed E-state index contributed by atoms with van der Waals surface area (Å²) in [5.41, 5.74) is 1.29. The number of carbonyl (C=O) groups is 1. The number of carbonyl (C=O) groups excluding carboxylic acids is 1. The highest BCUT2D eigenvalue weighted by atomic mass is 16.5. The van der Waals surface area contributed by atoms with E-state index < -0.39 is 0 Å². The Bertz CT molecular complexity index is 256. The predicted molar refractivity (Wildman–Crippen MR) is 86.9 cm³/mol. The summed E-state index contributed by atoms with van der Waals surface area (Å²) in [6.07, 6.45) is 15.1. The number of ether oxygens (including phenoxy) is 1. The average molecular weight is 282 g/mol. The molecule has 0 heterocycles. The van der Waals surface area contributed by atoms with E-state index in [0.717, 1.165) is 12.8 Å². The number of esters is 1. The van der Waals surface area contributed by atoms with Gasteiger partial charge in [0.25, 0.3) is 0 Å². The minimum atomic E-state index is -0.0669. The smallest absolute Gasteiger partial charge is 0.309 e. The van der Waals surface area contributed by atoms with Crippen LogP contribution in [0.2, 0.25) is 0 Å². The zero-order valence-electron chi connectivity index (χ0n) is 13.9. The Morgan fingerprint density at radius 2 is 1.55 bits per heavy atom. The highest BCUT2D eigenvalue weighted by Crippen LogP contribution is 2.16. The Balaban J connectivity index is 4.08. The van der Waals surface area contributed by atoms with Gasteiger partial charge in [0.15, 0.2) is 0 Å². The second-order valence-electron chi connectivity index (χ2n) is 5.50. The standard InChI is InChI=1S/C18H34O2/c1-4-7-9-11-13-15-17(14-12-10-8-5-2)16-18(19)20-6-3/h15H,4-14,16H2,1-3H3. The highest BCUT2D eigenvalue weighted by molar-refractivity contribution is 5.72. The first-order chi connectivity index (χ1) is 9.74. The van der Waals surface area contributed by atoms with Crippen molar-refractivity contribution in [2.24, 2.45) is 0 Å². The van der Waals surface area contributed by atoms with Crippen LogP contribution in [-0.2, 0) is 9.53 Å². The quantitative estimate of drug-likeness (QED) is 0.242. The molecule has 0 fully saturated rings. The molecule has 0 unspecified atom stereocenters.